The normalized spacial score (nSPS) is 28.5. The van der Waals surface area contributed by atoms with Gasteiger partial charge in [0.05, 0.1) is 0 Å². The van der Waals surface area contributed by atoms with Crippen molar-refractivity contribution in [1.82, 2.24) is 4.90 Å². The number of rotatable bonds is 5. The molecule has 1 saturated heterocycles. The standard InChI is InChI=1S/C17H23NO3/c1-12-5-2-3-8-15(12)21-10-9-18-11-13-6-4-7-14(13)16(18)17(19)20/h2-3,5,8,13-14,16H,4,6-7,9-11H2,1H3,(H,19,20). The summed E-state index contributed by atoms with van der Waals surface area (Å²) in [4.78, 5) is 13.7. The molecule has 1 heterocycles. The number of hydrogen-bond acceptors (Lipinski definition) is 3. The van der Waals surface area contributed by atoms with E-state index in [1.165, 1.54) is 12.8 Å². The third kappa shape index (κ3) is 2.91. The maximum atomic E-state index is 11.6. The Kier molecular flexibility index (Phi) is 4.15. The van der Waals surface area contributed by atoms with Gasteiger partial charge in [0.1, 0.15) is 18.4 Å². The Labute approximate surface area is 125 Å². The van der Waals surface area contributed by atoms with Crippen LogP contribution >= 0.6 is 0 Å². The van der Waals surface area contributed by atoms with Crippen molar-refractivity contribution < 1.29 is 14.6 Å². The Balaban J connectivity index is 1.57. The minimum absolute atomic E-state index is 0.307. The second-order valence-electron chi connectivity index (χ2n) is 6.25. The number of carbonyl (C=O) groups is 1. The summed E-state index contributed by atoms with van der Waals surface area (Å²) < 4.78 is 5.81. The Hall–Kier alpha value is -1.55. The van der Waals surface area contributed by atoms with Crippen LogP contribution in [0.2, 0.25) is 0 Å². The topological polar surface area (TPSA) is 49.8 Å². The molecule has 21 heavy (non-hydrogen) atoms. The van der Waals surface area contributed by atoms with Crippen molar-refractivity contribution in [1.29, 1.82) is 0 Å². The summed E-state index contributed by atoms with van der Waals surface area (Å²) in [6.07, 6.45) is 3.44. The maximum Gasteiger partial charge on any atom is 0.321 e. The molecule has 1 saturated carbocycles. The van der Waals surface area contributed by atoms with Crippen LogP contribution < -0.4 is 4.74 Å². The summed E-state index contributed by atoms with van der Waals surface area (Å²) in [7, 11) is 0. The first-order chi connectivity index (χ1) is 10.2. The highest BCUT2D eigenvalue weighted by Gasteiger charge is 2.47. The number of ether oxygens (including phenoxy) is 1. The highest BCUT2D eigenvalue weighted by Crippen LogP contribution is 2.42. The number of fused-ring (bicyclic) bond motifs is 1. The van der Waals surface area contributed by atoms with Gasteiger partial charge in [-0.3, -0.25) is 9.69 Å². The molecule has 1 N–H and O–H groups in total. The van der Waals surface area contributed by atoms with E-state index in [0.29, 0.717) is 25.0 Å². The quantitative estimate of drug-likeness (QED) is 0.905. The summed E-state index contributed by atoms with van der Waals surface area (Å²) in [6.45, 7) is 4.18. The molecule has 2 fully saturated rings. The molecule has 1 aromatic carbocycles. The Morgan fingerprint density at radius 2 is 2.19 bits per heavy atom. The van der Waals surface area contributed by atoms with Crippen LogP contribution in [0.15, 0.2) is 24.3 Å². The fourth-order valence-corrected chi connectivity index (χ4v) is 3.95. The van der Waals surface area contributed by atoms with Crippen molar-refractivity contribution in [3.05, 3.63) is 29.8 Å². The van der Waals surface area contributed by atoms with Crippen LogP contribution in [0.4, 0.5) is 0 Å². The van der Waals surface area contributed by atoms with Crippen molar-refractivity contribution in [2.45, 2.75) is 32.2 Å². The molecule has 0 spiro atoms. The second-order valence-corrected chi connectivity index (χ2v) is 6.25. The minimum Gasteiger partial charge on any atom is -0.492 e. The number of aryl methyl sites for hydroxylation is 1. The van der Waals surface area contributed by atoms with E-state index in [9.17, 15) is 9.90 Å². The average molecular weight is 289 g/mol. The molecule has 0 amide bonds. The van der Waals surface area contributed by atoms with Crippen LogP contribution in [0.3, 0.4) is 0 Å². The van der Waals surface area contributed by atoms with Gasteiger partial charge < -0.3 is 9.84 Å². The number of nitrogens with zero attached hydrogens (tertiary/aromatic N) is 1. The van der Waals surface area contributed by atoms with Gasteiger partial charge in [-0.1, -0.05) is 24.6 Å². The second kappa shape index (κ2) is 6.06. The molecule has 1 aliphatic carbocycles. The third-order valence-electron chi connectivity index (χ3n) is 4.97. The van der Waals surface area contributed by atoms with Gasteiger partial charge >= 0.3 is 5.97 Å². The lowest BCUT2D eigenvalue weighted by Gasteiger charge is -2.24. The van der Waals surface area contributed by atoms with Gasteiger partial charge in [0.15, 0.2) is 0 Å². The molecule has 2 aliphatic rings. The Morgan fingerprint density at radius 3 is 2.95 bits per heavy atom. The van der Waals surface area contributed by atoms with E-state index in [-0.39, 0.29) is 6.04 Å². The van der Waals surface area contributed by atoms with Crippen LogP contribution in [0.5, 0.6) is 5.75 Å². The van der Waals surface area contributed by atoms with Gasteiger partial charge in [-0.15, -0.1) is 0 Å². The Morgan fingerprint density at radius 1 is 1.38 bits per heavy atom. The summed E-state index contributed by atoms with van der Waals surface area (Å²) in [5.74, 6) is 1.15. The lowest BCUT2D eigenvalue weighted by atomic mass is 9.94. The van der Waals surface area contributed by atoms with E-state index in [2.05, 4.69) is 4.90 Å². The fraction of sp³-hybridized carbons (Fsp3) is 0.588. The molecule has 114 valence electrons. The number of para-hydroxylation sites is 1. The number of carboxylic acid groups (broad SMARTS) is 1. The van der Waals surface area contributed by atoms with E-state index in [0.717, 1.165) is 24.3 Å². The third-order valence-corrected chi connectivity index (χ3v) is 4.97. The smallest absolute Gasteiger partial charge is 0.321 e. The number of likely N-dealkylation sites (tertiary alicyclic amines) is 1. The molecule has 3 rings (SSSR count). The molecular formula is C17H23NO3. The van der Waals surface area contributed by atoms with Gasteiger partial charge in [0.25, 0.3) is 0 Å². The summed E-state index contributed by atoms with van der Waals surface area (Å²) in [6, 6.07) is 7.63. The lowest BCUT2D eigenvalue weighted by Crippen LogP contribution is -2.41. The van der Waals surface area contributed by atoms with E-state index >= 15 is 0 Å². The van der Waals surface area contributed by atoms with Crippen LogP contribution in [-0.4, -0.2) is 41.7 Å². The van der Waals surface area contributed by atoms with Gasteiger partial charge in [-0.25, -0.2) is 0 Å². The average Bonchev–Trinajstić information content (AvgIpc) is 3.00. The Bertz CT molecular complexity index is 517. The lowest BCUT2D eigenvalue weighted by molar-refractivity contribution is -0.143. The van der Waals surface area contributed by atoms with Gasteiger partial charge in [0, 0.05) is 13.1 Å². The van der Waals surface area contributed by atoms with E-state index in [1.807, 2.05) is 31.2 Å². The van der Waals surface area contributed by atoms with E-state index in [1.54, 1.807) is 0 Å². The SMILES string of the molecule is Cc1ccccc1OCCN1CC2CCCC2C1C(=O)O. The highest BCUT2D eigenvalue weighted by molar-refractivity contribution is 5.74. The first-order valence-electron chi connectivity index (χ1n) is 7.82. The van der Waals surface area contributed by atoms with Crippen LogP contribution in [0.25, 0.3) is 0 Å². The number of benzene rings is 1. The highest BCUT2D eigenvalue weighted by atomic mass is 16.5. The van der Waals surface area contributed by atoms with Crippen molar-refractivity contribution in [2.75, 3.05) is 19.7 Å². The zero-order valence-corrected chi connectivity index (χ0v) is 12.5. The van der Waals surface area contributed by atoms with E-state index in [4.69, 9.17) is 4.74 Å². The molecule has 1 aromatic rings. The van der Waals surface area contributed by atoms with Crippen molar-refractivity contribution in [3.63, 3.8) is 0 Å². The number of hydrogen-bond donors (Lipinski definition) is 1. The molecule has 4 nitrogen and oxygen atoms in total. The van der Waals surface area contributed by atoms with Gasteiger partial charge in [-0.05, 0) is 43.2 Å². The molecule has 3 unspecified atom stereocenters. The van der Waals surface area contributed by atoms with Crippen molar-refractivity contribution in [3.8, 4) is 5.75 Å². The molecule has 0 bridgehead atoms. The molecular weight excluding hydrogens is 266 g/mol. The summed E-state index contributed by atoms with van der Waals surface area (Å²) in [5, 5.41) is 9.51. The predicted molar refractivity (Wildman–Crippen MR) is 80.5 cm³/mol. The number of carboxylic acids is 1. The van der Waals surface area contributed by atoms with Crippen LogP contribution in [-0.2, 0) is 4.79 Å². The number of aliphatic carboxylic acids is 1. The summed E-state index contributed by atoms with van der Waals surface area (Å²) >= 11 is 0. The van der Waals surface area contributed by atoms with Crippen LogP contribution in [0.1, 0.15) is 24.8 Å². The minimum atomic E-state index is -0.666. The van der Waals surface area contributed by atoms with Crippen molar-refractivity contribution >= 4 is 5.97 Å². The molecule has 1 aliphatic heterocycles. The van der Waals surface area contributed by atoms with Gasteiger partial charge in [0.2, 0.25) is 0 Å². The zero-order valence-electron chi connectivity index (χ0n) is 12.5. The fourth-order valence-electron chi connectivity index (χ4n) is 3.95. The maximum absolute atomic E-state index is 11.6. The van der Waals surface area contributed by atoms with Crippen LogP contribution in [0, 0.1) is 18.8 Å². The summed E-state index contributed by atoms with van der Waals surface area (Å²) in [5.41, 5.74) is 1.12. The first kappa shape index (κ1) is 14.4. The molecule has 0 radical (unpaired) electrons. The van der Waals surface area contributed by atoms with E-state index < -0.39 is 5.97 Å². The molecule has 3 atom stereocenters. The predicted octanol–water partition coefficient (Wildman–Crippen LogP) is 2.56. The monoisotopic (exact) mass is 289 g/mol. The van der Waals surface area contributed by atoms with Gasteiger partial charge in [-0.2, -0.15) is 0 Å². The molecule has 0 aromatic heterocycles. The first-order valence-corrected chi connectivity index (χ1v) is 7.82. The molecule has 4 heteroatoms. The zero-order chi connectivity index (χ0) is 14.8. The largest absolute Gasteiger partial charge is 0.492 e. The van der Waals surface area contributed by atoms with Crippen molar-refractivity contribution in [2.24, 2.45) is 11.8 Å².